The first-order valence-electron chi connectivity index (χ1n) is 7.05. The SMILES string of the molecule is Cl.Fc1cccc([C@@H](C2CCC2)N2CCNCC2)c1. The second-order valence-electron chi connectivity index (χ2n) is 5.48. The largest absolute Gasteiger partial charge is 0.314 e. The summed E-state index contributed by atoms with van der Waals surface area (Å²) in [4.78, 5) is 2.54. The fraction of sp³-hybridized carbons (Fsp3) is 0.600. The van der Waals surface area contributed by atoms with Gasteiger partial charge in [-0.2, -0.15) is 0 Å². The zero-order valence-electron chi connectivity index (χ0n) is 11.1. The lowest BCUT2D eigenvalue weighted by Crippen LogP contribution is -2.47. The predicted octanol–water partition coefficient (Wildman–Crippen LogP) is 2.99. The minimum Gasteiger partial charge on any atom is -0.314 e. The molecule has 1 aliphatic heterocycles. The molecule has 3 rings (SSSR count). The van der Waals surface area contributed by atoms with Gasteiger partial charge in [0, 0.05) is 32.2 Å². The normalized spacial score (nSPS) is 22.4. The van der Waals surface area contributed by atoms with Crippen molar-refractivity contribution in [3.05, 3.63) is 35.6 Å². The maximum Gasteiger partial charge on any atom is 0.123 e. The molecule has 1 saturated heterocycles. The Bertz CT molecular complexity index is 403. The number of piperazine rings is 1. The summed E-state index contributed by atoms with van der Waals surface area (Å²) in [5.74, 6) is 0.622. The van der Waals surface area contributed by atoms with Crippen LogP contribution in [0.15, 0.2) is 24.3 Å². The van der Waals surface area contributed by atoms with Crippen LogP contribution in [0.4, 0.5) is 4.39 Å². The third-order valence-corrected chi connectivity index (χ3v) is 4.33. The zero-order chi connectivity index (χ0) is 12.4. The van der Waals surface area contributed by atoms with E-state index in [9.17, 15) is 4.39 Å². The van der Waals surface area contributed by atoms with E-state index in [4.69, 9.17) is 0 Å². The number of benzene rings is 1. The van der Waals surface area contributed by atoms with Crippen LogP contribution < -0.4 is 5.32 Å². The highest BCUT2D eigenvalue weighted by Crippen LogP contribution is 2.41. The van der Waals surface area contributed by atoms with E-state index >= 15 is 0 Å². The molecule has 4 heteroatoms. The first-order valence-corrected chi connectivity index (χ1v) is 7.05. The third-order valence-electron chi connectivity index (χ3n) is 4.33. The Morgan fingerprint density at radius 1 is 1.21 bits per heavy atom. The molecule has 1 aliphatic carbocycles. The number of halogens is 2. The van der Waals surface area contributed by atoms with Crippen LogP contribution in [-0.4, -0.2) is 31.1 Å². The molecule has 2 nitrogen and oxygen atoms in total. The van der Waals surface area contributed by atoms with Gasteiger partial charge >= 0.3 is 0 Å². The van der Waals surface area contributed by atoms with Crippen molar-refractivity contribution in [2.45, 2.75) is 25.3 Å². The molecular weight excluding hydrogens is 263 g/mol. The van der Waals surface area contributed by atoms with Gasteiger partial charge in [-0.25, -0.2) is 4.39 Å². The summed E-state index contributed by atoms with van der Waals surface area (Å²) in [6.07, 6.45) is 3.93. The highest BCUT2D eigenvalue weighted by molar-refractivity contribution is 5.85. The predicted molar refractivity (Wildman–Crippen MR) is 78.2 cm³/mol. The fourth-order valence-corrected chi connectivity index (χ4v) is 3.19. The number of nitrogens with one attached hydrogen (secondary N) is 1. The summed E-state index contributed by atoms with van der Waals surface area (Å²) in [7, 11) is 0. The van der Waals surface area contributed by atoms with Gasteiger partial charge in [0.2, 0.25) is 0 Å². The summed E-state index contributed by atoms with van der Waals surface area (Å²) in [6.45, 7) is 4.27. The molecule has 2 aliphatic rings. The number of rotatable bonds is 3. The number of hydrogen-bond acceptors (Lipinski definition) is 2. The summed E-state index contributed by atoms with van der Waals surface area (Å²) in [5, 5.41) is 3.39. The minimum absolute atomic E-state index is 0. The van der Waals surface area contributed by atoms with Crippen molar-refractivity contribution in [2.75, 3.05) is 26.2 Å². The van der Waals surface area contributed by atoms with E-state index < -0.39 is 0 Å². The Kier molecular flexibility index (Phi) is 5.20. The maximum atomic E-state index is 13.4. The van der Waals surface area contributed by atoms with E-state index in [1.807, 2.05) is 6.07 Å². The van der Waals surface area contributed by atoms with E-state index in [2.05, 4.69) is 16.3 Å². The van der Waals surface area contributed by atoms with Crippen LogP contribution >= 0.6 is 12.4 Å². The molecule has 1 aromatic carbocycles. The average molecular weight is 285 g/mol. The van der Waals surface area contributed by atoms with Crippen LogP contribution in [0.25, 0.3) is 0 Å². The molecule has 1 saturated carbocycles. The fourth-order valence-electron chi connectivity index (χ4n) is 3.19. The Morgan fingerprint density at radius 3 is 2.53 bits per heavy atom. The molecule has 19 heavy (non-hydrogen) atoms. The van der Waals surface area contributed by atoms with Crippen LogP contribution in [-0.2, 0) is 0 Å². The topological polar surface area (TPSA) is 15.3 Å². The van der Waals surface area contributed by atoms with Gasteiger partial charge in [0.1, 0.15) is 5.82 Å². The highest BCUT2D eigenvalue weighted by atomic mass is 35.5. The van der Waals surface area contributed by atoms with Gasteiger partial charge in [0.15, 0.2) is 0 Å². The zero-order valence-corrected chi connectivity index (χ0v) is 12.0. The van der Waals surface area contributed by atoms with Crippen molar-refractivity contribution >= 4 is 12.4 Å². The molecule has 106 valence electrons. The molecule has 0 unspecified atom stereocenters. The van der Waals surface area contributed by atoms with E-state index in [0.717, 1.165) is 32.1 Å². The van der Waals surface area contributed by atoms with Gasteiger partial charge in [-0.15, -0.1) is 12.4 Å². The molecule has 2 fully saturated rings. The van der Waals surface area contributed by atoms with Crippen molar-refractivity contribution in [3.63, 3.8) is 0 Å². The van der Waals surface area contributed by atoms with E-state index in [1.165, 1.54) is 24.8 Å². The van der Waals surface area contributed by atoms with Crippen LogP contribution in [0.3, 0.4) is 0 Å². The molecule has 0 spiro atoms. The summed E-state index contributed by atoms with van der Waals surface area (Å²) < 4.78 is 13.4. The number of nitrogens with zero attached hydrogens (tertiary/aromatic N) is 1. The van der Waals surface area contributed by atoms with Crippen LogP contribution in [0.2, 0.25) is 0 Å². The van der Waals surface area contributed by atoms with Gasteiger partial charge in [-0.3, -0.25) is 4.90 Å². The quantitative estimate of drug-likeness (QED) is 0.918. The number of hydrogen-bond donors (Lipinski definition) is 1. The lowest BCUT2D eigenvalue weighted by atomic mass is 9.76. The summed E-state index contributed by atoms with van der Waals surface area (Å²) in [5.41, 5.74) is 1.17. The van der Waals surface area contributed by atoms with Crippen LogP contribution in [0.1, 0.15) is 30.9 Å². The minimum atomic E-state index is -0.105. The molecule has 1 N–H and O–H groups in total. The second kappa shape index (κ2) is 6.69. The van der Waals surface area contributed by atoms with Crippen molar-refractivity contribution in [3.8, 4) is 0 Å². The lowest BCUT2D eigenvalue weighted by molar-refractivity contribution is 0.0835. The van der Waals surface area contributed by atoms with E-state index in [1.54, 1.807) is 12.1 Å². The van der Waals surface area contributed by atoms with Crippen molar-refractivity contribution in [1.82, 2.24) is 10.2 Å². The van der Waals surface area contributed by atoms with Crippen molar-refractivity contribution in [2.24, 2.45) is 5.92 Å². The van der Waals surface area contributed by atoms with Crippen LogP contribution in [0, 0.1) is 11.7 Å². The monoisotopic (exact) mass is 284 g/mol. The van der Waals surface area contributed by atoms with Gasteiger partial charge in [-0.05, 0) is 36.5 Å². The Labute approximate surface area is 120 Å². The van der Waals surface area contributed by atoms with E-state index in [0.29, 0.717) is 6.04 Å². The van der Waals surface area contributed by atoms with Gasteiger partial charge < -0.3 is 5.32 Å². The van der Waals surface area contributed by atoms with Gasteiger partial charge in [-0.1, -0.05) is 18.6 Å². The first kappa shape index (κ1) is 14.8. The first-order chi connectivity index (χ1) is 8.84. The molecule has 0 bridgehead atoms. The standard InChI is InChI=1S/C15H21FN2.ClH/c16-14-6-2-5-13(11-14)15(12-3-1-4-12)18-9-7-17-8-10-18;/h2,5-6,11-12,15,17H,1,3-4,7-10H2;1H/t15-;/m1./s1. The van der Waals surface area contributed by atoms with Crippen LogP contribution in [0.5, 0.6) is 0 Å². The Morgan fingerprint density at radius 2 is 1.95 bits per heavy atom. The Balaban J connectivity index is 0.00000133. The second-order valence-corrected chi connectivity index (χ2v) is 5.48. The molecule has 0 amide bonds. The van der Waals surface area contributed by atoms with Gasteiger partial charge in [0.25, 0.3) is 0 Å². The molecule has 1 heterocycles. The molecular formula is C15H22ClFN2. The van der Waals surface area contributed by atoms with Gasteiger partial charge in [0.05, 0.1) is 0 Å². The molecule has 0 radical (unpaired) electrons. The average Bonchev–Trinajstić information content (AvgIpc) is 2.34. The van der Waals surface area contributed by atoms with Crippen molar-refractivity contribution in [1.29, 1.82) is 0 Å². The Hall–Kier alpha value is -0.640. The molecule has 1 aromatic rings. The maximum absolute atomic E-state index is 13.4. The third kappa shape index (κ3) is 3.28. The summed E-state index contributed by atoms with van der Waals surface area (Å²) in [6, 6.07) is 7.63. The summed E-state index contributed by atoms with van der Waals surface area (Å²) >= 11 is 0. The lowest BCUT2D eigenvalue weighted by Gasteiger charge is -2.43. The van der Waals surface area contributed by atoms with Crippen molar-refractivity contribution < 1.29 is 4.39 Å². The molecule has 0 aromatic heterocycles. The van der Waals surface area contributed by atoms with E-state index in [-0.39, 0.29) is 18.2 Å². The smallest absolute Gasteiger partial charge is 0.123 e. The highest BCUT2D eigenvalue weighted by Gasteiger charge is 2.33. The molecule has 1 atom stereocenters.